The number of aromatic amines is 1. The van der Waals surface area contributed by atoms with Gasteiger partial charge in [0.05, 0.1) is 30.1 Å². The van der Waals surface area contributed by atoms with Crippen LogP contribution in [0.25, 0.3) is 10.9 Å². The molecule has 10 nitrogen and oxygen atoms in total. The fourth-order valence-electron chi connectivity index (χ4n) is 3.67. The summed E-state index contributed by atoms with van der Waals surface area (Å²) in [5.41, 5.74) is -0.0590. The molecule has 0 bridgehead atoms. The third-order valence-corrected chi connectivity index (χ3v) is 5.22. The van der Waals surface area contributed by atoms with Crippen LogP contribution in [0.15, 0.2) is 23.0 Å². The number of piperazine rings is 1. The number of nitrogens with one attached hydrogen (secondary N) is 2. The van der Waals surface area contributed by atoms with E-state index in [1.54, 1.807) is 18.2 Å². The average molecular weight is 446 g/mol. The van der Waals surface area contributed by atoms with Gasteiger partial charge in [0.25, 0.3) is 5.56 Å². The lowest BCUT2D eigenvalue weighted by molar-refractivity contribution is 0.0450. The van der Waals surface area contributed by atoms with Crippen LogP contribution in [-0.4, -0.2) is 83.8 Å². The lowest BCUT2D eigenvalue weighted by atomic mass is 10.1. The summed E-state index contributed by atoms with van der Waals surface area (Å²) in [6.07, 6.45) is -0.460. The minimum atomic E-state index is -0.565. The third-order valence-electron chi connectivity index (χ3n) is 5.22. The van der Waals surface area contributed by atoms with Crippen LogP contribution in [0.2, 0.25) is 0 Å². The number of alkyl carbamates (subject to hydrolysis) is 1. The van der Waals surface area contributed by atoms with Crippen LogP contribution >= 0.6 is 0 Å². The summed E-state index contributed by atoms with van der Waals surface area (Å²) in [4.78, 5) is 48.3. The molecule has 10 heteroatoms. The second kappa shape index (κ2) is 9.66. The van der Waals surface area contributed by atoms with Crippen LogP contribution in [0.3, 0.4) is 0 Å². The molecule has 2 aromatic rings. The van der Waals surface area contributed by atoms with Crippen LogP contribution in [0, 0.1) is 0 Å². The van der Waals surface area contributed by atoms with Crippen molar-refractivity contribution < 1.29 is 19.1 Å². The van der Waals surface area contributed by atoms with Crippen LogP contribution < -0.4 is 10.9 Å². The molecule has 0 spiro atoms. The van der Waals surface area contributed by atoms with Gasteiger partial charge < -0.3 is 24.7 Å². The zero-order chi connectivity index (χ0) is 23.5. The van der Waals surface area contributed by atoms with Gasteiger partial charge in [0, 0.05) is 32.2 Å². The predicted molar refractivity (Wildman–Crippen MR) is 120 cm³/mol. The number of likely N-dealkylation sites (N-methyl/N-ethyl adjacent to an activating group) is 1. The number of H-pyrrole nitrogens is 1. The van der Waals surface area contributed by atoms with Gasteiger partial charge in [0.15, 0.2) is 0 Å². The van der Waals surface area contributed by atoms with E-state index in [9.17, 15) is 14.4 Å². The first-order chi connectivity index (χ1) is 15.1. The Balaban J connectivity index is 1.77. The monoisotopic (exact) mass is 445 g/mol. The Hall–Kier alpha value is -2.98. The molecule has 1 aliphatic rings. The summed E-state index contributed by atoms with van der Waals surface area (Å²) >= 11 is 0. The average Bonchev–Trinajstić information content (AvgIpc) is 2.71. The molecule has 2 N–H and O–H groups in total. The van der Waals surface area contributed by atoms with Crippen molar-refractivity contribution in [3.8, 4) is 0 Å². The maximum atomic E-state index is 12.6. The highest BCUT2D eigenvalue weighted by Crippen LogP contribution is 2.15. The molecular weight excluding hydrogens is 414 g/mol. The molecule has 174 valence electrons. The van der Waals surface area contributed by atoms with Crippen LogP contribution in [-0.2, 0) is 16.0 Å². The number of nitrogens with zero attached hydrogens (tertiary/aromatic N) is 3. The first-order valence-electron chi connectivity index (χ1n) is 10.6. The zero-order valence-corrected chi connectivity index (χ0v) is 19.2. The largest absolute Gasteiger partial charge is 0.465 e. The number of hydrogen-bond donors (Lipinski definition) is 2. The Bertz CT molecular complexity index is 1050. The number of hydrogen-bond acceptors (Lipinski definition) is 8. The van der Waals surface area contributed by atoms with Crippen LogP contribution in [0.4, 0.5) is 4.79 Å². The van der Waals surface area contributed by atoms with Gasteiger partial charge in [-0.1, -0.05) is 0 Å². The maximum Gasteiger partial charge on any atom is 0.407 e. The number of fused-ring (bicyclic) bond motifs is 1. The van der Waals surface area contributed by atoms with Crippen molar-refractivity contribution in [3.63, 3.8) is 0 Å². The van der Waals surface area contributed by atoms with Gasteiger partial charge in [0.1, 0.15) is 11.4 Å². The molecule has 2 heterocycles. The van der Waals surface area contributed by atoms with E-state index < -0.39 is 17.7 Å². The lowest BCUT2D eigenvalue weighted by Crippen LogP contribution is -2.56. The third kappa shape index (κ3) is 6.04. The molecule has 1 atom stereocenters. The first kappa shape index (κ1) is 23.7. The van der Waals surface area contributed by atoms with Crippen LogP contribution in [0.1, 0.15) is 37.0 Å². The highest BCUT2D eigenvalue weighted by atomic mass is 16.6. The van der Waals surface area contributed by atoms with E-state index in [2.05, 4.69) is 25.1 Å². The summed E-state index contributed by atoms with van der Waals surface area (Å²) in [6, 6.07) is 4.69. The zero-order valence-electron chi connectivity index (χ0n) is 19.2. The van der Waals surface area contributed by atoms with Crippen molar-refractivity contribution in [2.45, 2.75) is 39.0 Å². The van der Waals surface area contributed by atoms with Gasteiger partial charge >= 0.3 is 12.1 Å². The molecule has 1 saturated heterocycles. The number of carbonyl (C=O) groups is 2. The van der Waals surface area contributed by atoms with Gasteiger partial charge in [0.2, 0.25) is 0 Å². The number of esters is 1. The molecule has 1 amide bonds. The maximum absolute atomic E-state index is 12.6. The van der Waals surface area contributed by atoms with Crippen molar-refractivity contribution in [2.24, 2.45) is 0 Å². The number of aromatic nitrogens is 2. The second-order valence-corrected chi connectivity index (χ2v) is 9.01. The van der Waals surface area contributed by atoms with Gasteiger partial charge in [-0.15, -0.1) is 0 Å². The fraction of sp³-hybridized carbons (Fsp3) is 0.545. The van der Waals surface area contributed by atoms with Gasteiger partial charge in [-0.05, 0) is 46.0 Å². The Morgan fingerprint density at radius 1 is 1.28 bits per heavy atom. The normalized spacial score (nSPS) is 17.8. The van der Waals surface area contributed by atoms with E-state index in [4.69, 9.17) is 9.47 Å². The van der Waals surface area contributed by atoms with Crippen molar-refractivity contribution in [1.29, 1.82) is 0 Å². The number of benzene rings is 1. The van der Waals surface area contributed by atoms with Gasteiger partial charge in [-0.2, -0.15) is 0 Å². The summed E-state index contributed by atoms with van der Waals surface area (Å²) in [6.45, 7) is 8.63. The summed E-state index contributed by atoms with van der Waals surface area (Å²) in [7, 11) is 3.34. The number of methoxy groups -OCH3 is 1. The predicted octanol–water partition coefficient (Wildman–Crippen LogP) is 1.35. The number of amides is 1. The second-order valence-electron chi connectivity index (χ2n) is 9.01. The smallest absolute Gasteiger partial charge is 0.407 e. The Kier molecular flexibility index (Phi) is 7.15. The van der Waals surface area contributed by atoms with E-state index in [0.29, 0.717) is 35.4 Å². The lowest BCUT2D eigenvalue weighted by Gasteiger charge is -2.39. The van der Waals surface area contributed by atoms with Crippen molar-refractivity contribution in [3.05, 3.63) is 39.9 Å². The standard InChI is InChI=1S/C22H31N5O5/c1-22(2,3)32-21(30)23-11-15-12-26(4)8-9-27(15)13-18-24-17-10-14(20(29)31-5)6-7-16(17)19(28)25-18/h6-7,10,15H,8-9,11-13H2,1-5H3,(H,23,30)(H,24,25,28)/t15-/m1/s1. The van der Waals surface area contributed by atoms with E-state index in [0.717, 1.165) is 19.6 Å². The molecule has 0 radical (unpaired) electrons. The Morgan fingerprint density at radius 2 is 2.03 bits per heavy atom. The highest BCUT2D eigenvalue weighted by molar-refractivity contribution is 5.93. The fourth-order valence-corrected chi connectivity index (χ4v) is 3.67. The van der Waals surface area contributed by atoms with E-state index in [-0.39, 0.29) is 11.6 Å². The Morgan fingerprint density at radius 3 is 2.72 bits per heavy atom. The van der Waals surface area contributed by atoms with Crippen molar-refractivity contribution >= 4 is 23.0 Å². The van der Waals surface area contributed by atoms with E-state index >= 15 is 0 Å². The van der Waals surface area contributed by atoms with E-state index in [1.165, 1.54) is 7.11 Å². The molecule has 1 aromatic heterocycles. The summed E-state index contributed by atoms with van der Waals surface area (Å²) in [5, 5.41) is 3.24. The molecule has 0 aliphatic carbocycles. The van der Waals surface area contributed by atoms with Crippen LogP contribution in [0.5, 0.6) is 0 Å². The number of carbonyl (C=O) groups excluding carboxylic acids is 2. The topological polar surface area (TPSA) is 117 Å². The number of ether oxygens (including phenoxy) is 2. The molecule has 32 heavy (non-hydrogen) atoms. The minimum absolute atomic E-state index is 0.0173. The quantitative estimate of drug-likeness (QED) is 0.663. The number of rotatable bonds is 5. The summed E-state index contributed by atoms with van der Waals surface area (Å²) < 4.78 is 10.1. The minimum Gasteiger partial charge on any atom is -0.465 e. The molecule has 1 fully saturated rings. The van der Waals surface area contributed by atoms with Gasteiger partial charge in [-0.3, -0.25) is 9.69 Å². The highest BCUT2D eigenvalue weighted by Gasteiger charge is 2.27. The molecule has 1 aromatic carbocycles. The molecule has 0 saturated carbocycles. The summed E-state index contributed by atoms with van der Waals surface area (Å²) in [5.74, 6) is 0.0132. The molecule has 1 aliphatic heterocycles. The van der Waals surface area contributed by atoms with Gasteiger partial charge in [-0.25, -0.2) is 14.6 Å². The van der Waals surface area contributed by atoms with Crippen molar-refractivity contribution in [1.82, 2.24) is 25.1 Å². The van der Waals surface area contributed by atoms with E-state index in [1.807, 2.05) is 27.8 Å². The molecular formula is C22H31N5O5. The molecule has 3 rings (SSSR count). The van der Waals surface area contributed by atoms with Crippen molar-refractivity contribution in [2.75, 3.05) is 40.3 Å². The molecule has 0 unspecified atom stereocenters. The first-order valence-corrected chi connectivity index (χ1v) is 10.6. The Labute approximate surface area is 186 Å². The SMILES string of the molecule is COC(=O)c1ccc2c(=O)[nH]c(CN3CCN(C)C[C@H]3CNC(=O)OC(C)(C)C)nc2c1.